The molecular formula is C9H9NO2. The lowest BCUT2D eigenvalue weighted by atomic mass is 10.3. The standard InChI is InChI=1S/C9H9NO2/c1-2-9-5-8(6-12-9)3-4-10-7-11/h3-6H,2H2,1H3. The summed E-state index contributed by atoms with van der Waals surface area (Å²) in [5.41, 5.74) is 0.908. The molecule has 0 aliphatic heterocycles. The molecule has 0 radical (unpaired) electrons. The molecule has 0 N–H and O–H groups in total. The molecule has 0 aliphatic carbocycles. The van der Waals surface area contributed by atoms with Crippen LogP contribution >= 0.6 is 0 Å². The fraction of sp³-hybridized carbons (Fsp3) is 0.222. The highest BCUT2D eigenvalue weighted by Gasteiger charge is 1.94. The number of isocyanates is 1. The van der Waals surface area contributed by atoms with E-state index >= 15 is 0 Å². The number of furan rings is 1. The molecule has 0 unspecified atom stereocenters. The van der Waals surface area contributed by atoms with E-state index in [1.165, 1.54) is 12.3 Å². The van der Waals surface area contributed by atoms with Crippen molar-refractivity contribution in [3.8, 4) is 0 Å². The molecule has 1 aromatic rings. The molecule has 0 saturated carbocycles. The Morgan fingerprint density at radius 2 is 2.58 bits per heavy atom. The minimum Gasteiger partial charge on any atom is -0.469 e. The molecule has 0 amide bonds. The first kappa shape index (κ1) is 8.50. The van der Waals surface area contributed by atoms with Crippen LogP contribution in [-0.4, -0.2) is 6.08 Å². The van der Waals surface area contributed by atoms with Gasteiger partial charge in [-0.3, -0.25) is 0 Å². The van der Waals surface area contributed by atoms with E-state index in [1.54, 1.807) is 12.3 Å². The molecule has 1 heterocycles. The minimum absolute atomic E-state index is 0.866. The van der Waals surface area contributed by atoms with Crippen molar-refractivity contribution in [1.29, 1.82) is 0 Å². The third-order valence-electron chi connectivity index (χ3n) is 1.42. The zero-order valence-corrected chi connectivity index (χ0v) is 6.78. The molecule has 0 spiro atoms. The predicted molar refractivity (Wildman–Crippen MR) is 45.2 cm³/mol. The Bertz CT molecular complexity index is 319. The highest BCUT2D eigenvalue weighted by molar-refractivity contribution is 5.49. The van der Waals surface area contributed by atoms with Gasteiger partial charge in [-0.25, -0.2) is 4.79 Å². The van der Waals surface area contributed by atoms with Gasteiger partial charge in [-0.05, 0) is 12.1 Å². The second-order valence-corrected chi connectivity index (χ2v) is 2.24. The quantitative estimate of drug-likeness (QED) is 0.506. The van der Waals surface area contributed by atoms with Gasteiger partial charge in [0.05, 0.1) is 6.26 Å². The second-order valence-electron chi connectivity index (χ2n) is 2.24. The first-order valence-corrected chi connectivity index (χ1v) is 3.67. The van der Waals surface area contributed by atoms with Crippen molar-refractivity contribution in [2.75, 3.05) is 0 Å². The summed E-state index contributed by atoms with van der Waals surface area (Å²) in [7, 11) is 0. The molecule has 62 valence electrons. The third-order valence-corrected chi connectivity index (χ3v) is 1.42. The minimum atomic E-state index is 0.866. The normalized spacial score (nSPS) is 10.1. The van der Waals surface area contributed by atoms with Crippen LogP contribution in [0.4, 0.5) is 0 Å². The van der Waals surface area contributed by atoms with E-state index in [4.69, 9.17) is 4.42 Å². The number of aliphatic imine (C=N–C) groups is 1. The van der Waals surface area contributed by atoms with Gasteiger partial charge in [-0.15, -0.1) is 0 Å². The fourth-order valence-corrected chi connectivity index (χ4v) is 0.824. The average Bonchev–Trinajstić information content (AvgIpc) is 2.53. The molecule has 3 heteroatoms. The van der Waals surface area contributed by atoms with Gasteiger partial charge in [-0.2, -0.15) is 4.99 Å². The molecule has 0 atom stereocenters. The second kappa shape index (κ2) is 4.31. The molecule has 0 bridgehead atoms. The Balaban J connectivity index is 2.69. The van der Waals surface area contributed by atoms with E-state index < -0.39 is 0 Å². The summed E-state index contributed by atoms with van der Waals surface area (Å²) in [6.07, 6.45) is 6.98. The largest absolute Gasteiger partial charge is 0.469 e. The summed E-state index contributed by atoms with van der Waals surface area (Å²) >= 11 is 0. The first-order chi connectivity index (χ1) is 5.86. The molecule has 12 heavy (non-hydrogen) atoms. The maximum atomic E-state index is 9.69. The van der Waals surface area contributed by atoms with Crippen LogP contribution < -0.4 is 0 Å². The van der Waals surface area contributed by atoms with E-state index in [1.807, 2.05) is 13.0 Å². The van der Waals surface area contributed by atoms with E-state index in [0.717, 1.165) is 17.7 Å². The van der Waals surface area contributed by atoms with Crippen LogP contribution in [0.3, 0.4) is 0 Å². The van der Waals surface area contributed by atoms with Gasteiger partial charge in [0.1, 0.15) is 5.76 Å². The Labute approximate surface area is 70.4 Å². The lowest BCUT2D eigenvalue weighted by Gasteiger charge is -1.80. The smallest absolute Gasteiger partial charge is 0.239 e. The topological polar surface area (TPSA) is 42.6 Å². The lowest BCUT2D eigenvalue weighted by molar-refractivity contribution is 0.515. The Morgan fingerprint density at radius 3 is 3.17 bits per heavy atom. The summed E-state index contributed by atoms with van der Waals surface area (Å²) in [6.45, 7) is 2.01. The van der Waals surface area contributed by atoms with Crippen molar-refractivity contribution >= 4 is 12.2 Å². The fourth-order valence-electron chi connectivity index (χ4n) is 0.824. The predicted octanol–water partition coefficient (Wildman–Crippen LogP) is 2.15. The van der Waals surface area contributed by atoms with E-state index in [2.05, 4.69) is 4.99 Å². The number of aryl methyl sites for hydroxylation is 1. The van der Waals surface area contributed by atoms with Gasteiger partial charge in [0.15, 0.2) is 0 Å². The van der Waals surface area contributed by atoms with Crippen LogP contribution in [0.2, 0.25) is 0 Å². The molecule has 0 aliphatic rings. The lowest BCUT2D eigenvalue weighted by Crippen LogP contribution is -1.68. The van der Waals surface area contributed by atoms with Gasteiger partial charge in [-0.1, -0.05) is 6.92 Å². The monoisotopic (exact) mass is 163 g/mol. The van der Waals surface area contributed by atoms with E-state index in [0.29, 0.717) is 0 Å². The zero-order chi connectivity index (χ0) is 8.81. The molecule has 1 rings (SSSR count). The van der Waals surface area contributed by atoms with Gasteiger partial charge >= 0.3 is 0 Å². The van der Waals surface area contributed by atoms with Crippen LogP contribution in [0.15, 0.2) is 27.9 Å². The molecule has 3 nitrogen and oxygen atoms in total. The van der Waals surface area contributed by atoms with E-state index in [-0.39, 0.29) is 0 Å². The number of hydrogen-bond acceptors (Lipinski definition) is 3. The zero-order valence-electron chi connectivity index (χ0n) is 6.78. The Hall–Kier alpha value is -1.60. The summed E-state index contributed by atoms with van der Waals surface area (Å²) in [5.74, 6) is 0.921. The van der Waals surface area contributed by atoms with Crippen LogP contribution in [-0.2, 0) is 11.2 Å². The number of nitrogens with zero attached hydrogens (tertiary/aromatic N) is 1. The number of rotatable bonds is 3. The SMILES string of the molecule is CCc1cc(C=CN=C=O)co1. The summed E-state index contributed by atoms with van der Waals surface area (Å²) in [5, 5.41) is 0. The van der Waals surface area contributed by atoms with Gasteiger partial charge in [0, 0.05) is 18.2 Å². The van der Waals surface area contributed by atoms with Crippen LogP contribution in [0, 0.1) is 0 Å². The first-order valence-electron chi connectivity index (χ1n) is 3.67. The summed E-state index contributed by atoms with van der Waals surface area (Å²) < 4.78 is 5.15. The summed E-state index contributed by atoms with van der Waals surface area (Å²) in [6, 6.07) is 1.90. The molecule has 0 fully saturated rings. The maximum absolute atomic E-state index is 9.69. The average molecular weight is 163 g/mol. The van der Waals surface area contributed by atoms with E-state index in [9.17, 15) is 4.79 Å². The number of carbonyl (C=O) groups excluding carboxylic acids is 1. The Kier molecular flexibility index (Phi) is 3.05. The number of hydrogen-bond donors (Lipinski definition) is 0. The van der Waals surface area contributed by atoms with Gasteiger partial charge in [0.25, 0.3) is 0 Å². The van der Waals surface area contributed by atoms with Crippen molar-refractivity contribution in [3.63, 3.8) is 0 Å². The van der Waals surface area contributed by atoms with Crippen molar-refractivity contribution in [1.82, 2.24) is 0 Å². The van der Waals surface area contributed by atoms with Crippen molar-refractivity contribution in [3.05, 3.63) is 29.9 Å². The van der Waals surface area contributed by atoms with Gasteiger partial charge in [0.2, 0.25) is 6.08 Å². The summed E-state index contributed by atoms with van der Waals surface area (Å²) in [4.78, 5) is 13.0. The van der Waals surface area contributed by atoms with Crippen LogP contribution in [0.25, 0.3) is 6.08 Å². The molecular weight excluding hydrogens is 154 g/mol. The maximum Gasteiger partial charge on any atom is 0.239 e. The van der Waals surface area contributed by atoms with Crippen LogP contribution in [0.5, 0.6) is 0 Å². The highest BCUT2D eigenvalue weighted by Crippen LogP contribution is 2.09. The van der Waals surface area contributed by atoms with Crippen LogP contribution in [0.1, 0.15) is 18.2 Å². The molecule has 0 aromatic carbocycles. The van der Waals surface area contributed by atoms with Gasteiger partial charge < -0.3 is 4.42 Å². The highest BCUT2D eigenvalue weighted by atomic mass is 16.3. The van der Waals surface area contributed by atoms with Crippen molar-refractivity contribution in [2.24, 2.45) is 4.99 Å². The molecule has 1 aromatic heterocycles. The van der Waals surface area contributed by atoms with Crippen molar-refractivity contribution < 1.29 is 9.21 Å². The Morgan fingerprint density at radius 1 is 1.75 bits per heavy atom. The molecule has 0 saturated heterocycles. The van der Waals surface area contributed by atoms with Crippen molar-refractivity contribution in [2.45, 2.75) is 13.3 Å². The third kappa shape index (κ3) is 2.22.